The minimum atomic E-state index is -0.782. The predicted octanol–water partition coefficient (Wildman–Crippen LogP) is 19.8. The molecular formula is C63H110O5. The molecule has 0 amide bonds. The molecule has 1 atom stereocenters. The molecule has 1 N–H and O–H groups in total. The summed E-state index contributed by atoms with van der Waals surface area (Å²) >= 11 is 0. The quantitative estimate of drug-likeness (QED) is 0.0374. The van der Waals surface area contributed by atoms with Gasteiger partial charge < -0.3 is 14.6 Å². The van der Waals surface area contributed by atoms with Gasteiger partial charge in [-0.15, -0.1) is 0 Å². The first-order valence-electron chi connectivity index (χ1n) is 29.1. The minimum Gasteiger partial charge on any atom is -0.462 e. The zero-order valence-corrected chi connectivity index (χ0v) is 44.9. The summed E-state index contributed by atoms with van der Waals surface area (Å²) in [6, 6.07) is 0. The van der Waals surface area contributed by atoms with Gasteiger partial charge in [-0.3, -0.25) is 9.59 Å². The second kappa shape index (κ2) is 58.4. The second-order valence-electron chi connectivity index (χ2n) is 19.3. The number of ether oxygens (including phenoxy) is 2. The van der Waals surface area contributed by atoms with Crippen molar-refractivity contribution in [2.24, 2.45) is 0 Å². The minimum absolute atomic E-state index is 0.0712. The predicted molar refractivity (Wildman–Crippen MR) is 297 cm³/mol. The van der Waals surface area contributed by atoms with Crippen LogP contribution in [0.25, 0.3) is 0 Å². The molecule has 0 aliphatic heterocycles. The SMILES string of the molecule is CC/C=C\C/C=C\C/C=C\C/C=C\C/C=C\C/C=C\C/C=C\CCCCCCCCCC(=O)OC(CO)COC(=O)CCCCCCCCCCCCCCCCCCCCCCCCCCC. The number of carbonyl (C=O) groups is 2. The topological polar surface area (TPSA) is 72.8 Å². The van der Waals surface area contributed by atoms with Gasteiger partial charge in [-0.1, -0.05) is 285 Å². The highest BCUT2D eigenvalue weighted by molar-refractivity contribution is 5.70. The van der Waals surface area contributed by atoms with E-state index in [1.165, 1.54) is 167 Å². The molecule has 0 heterocycles. The Morgan fingerprint density at radius 3 is 0.956 bits per heavy atom. The van der Waals surface area contributed by atoms with Crippen LogP contribution >= 0.6 is 0 Å². The molecule has 0 saturated heterocycles. The summed E-state index contributed by atoms with van der Waals surface area (Å²) in [5, 5.41) is 9.66. The molecule has 392 valence electrons. The Bertz CT molecular complexity index is 1250. The van der Waals surface area contributed by atoms with E-state index in [0.29, 0.717) is 12.8 Å². The van der Waals surface area contributed by atoms with Crippen LogP contribution in [-0.2, 0) is 19.1 Å². The summed E-state index contributed by atoms with van der Waals surface area (Å²) in [4.78, 5) is 24.5. The Balaban J connectivity index is 3.52. The molecule has 0 saturated carbocycles. The van der Waals surface area contributed by atoms with Gasteiger partial charge in [0, 0.05) is 12.8 Å². The molecule has 5 heteroatoms. The van der Waals surface area contributed by atoms with Gasteiger partial charge in [0.1, 0.15) is 6.61 Å². The van der Waals surface area contributed by atoms with Crippen LogP contribution in [0.1, 0.15) is 284 Å². The third-order valence-electron chi connectivity index (χ3n) is 12.7. The Morgan fingerprint density at radius 1 is 0.353 bits per heavy atom. The molecule has 5 nitrogen and oxygen atoms in total. The van der Waals surface area contributed by atoms with E-state index >= 15 is 0 Å². The fraction of sp³-hybridized carbons (Fsp3) is 0.746. The average Bonchev–Trinajstić information content (AvgIpc) is 3.34. The van der Waals surface area contributed by atoms with Crippen molar-refractivity contribution in [2.75, 3.05) is 13.2 Å². The summed E-state index contributed by atoms with van der Waals surface area (Å²) in [7, 11) is 0. The summed E-state index contributed by atoms with van der Waals surface area (Å²) in [6.07, 6.45) is 81.3. The first kappa shape index (κ1) is 65.1. The van der Waals surface area contributed by atoms with E-state index in [1.807, 2.05) is 0 Å². The molecular weight excluding hydrogens is 837 g/mol. The Labute approximate surface area is 422 Å². The monoisotopic (exact) mass is 947 g/mol. The van der Waals surface area contributed by atoms with Crippen LogP contribution in [0.15, 0.2) is 85.1 Å². The van der Waals surface area contributed by atoms with Crippen molar-refractivity contribution in [2.45, 2.75) is 290 Å². The largest absolute Gasteiger partial charge is 0.462 e. The van der Waals surface area contributed by atoms with Crippen molar-refractivity contribution in [3.05, 3.63) is 85.1 Å². The van der Waals surface area contributed by atoms with Crippen molar-refractivity contribution in [1.82, 2.24) is 0 Å². The van der Waals surface area contributed by atoms with Gasteiger partial charge in [0.05, 0.1) is 6.61 Å². The van der Waals surface area contributed by atoms with E-state index in [0.717, 1.165) is 89.9 Å². The van der Waals surface area contributed by atoms with Crippen molar-refractivity contribution < 1.29 is 24.2 Å². The zero-order chi connectivity index (χ0) is 49.2. The molecule has 0 spiro atoms. The van der Waals surface area contributed by atoms with Gasteiger partial charge in [0.15, 0.2) is 6.10 Å². The normalized spacial score (nSPS) is 12.8. The highest BCUT2D eigenvalue weighted by atomic mass is 16.6. The lowest BCUT2D eigenvalue weighted by atomic mass is 10.0. The van der Waals surface area contributed by atoms with Crippen LogP contribution in [0.5, 0.6) is 0 Å². The van der Waals surface area contributed by atoms with Crippen LogP contribution in [0.4, 0.5) is 0 Å². The van der Waals surface area contributed by atoms with Crippen LogP contribution in [0.2, 0.25) is 0 Å². The van der Waals surface area contributed by atoms with Gasteiger partial charge in [-0.05, 0) is 70.6 Å². The van der Waals surface area contributed by atoms with Crippen molar-refractivity contribution in [3.63, 3.8) is 0 Å². The molecule has 0 aromatic carbocycles. The number of hydrogen-bond donors (Lipinski definition) is 1. The van der Waals surface area contributed by atoms with Crippen LogP contribution < -0.4 is 0 Å². The number of aliphatic hydroxyl groups excluding tert-OH is 1. The maximum Gasteiger partial charge on any atom is 0.306 e. The third kappa shape index (κ3) is 55.7. The van der Waals surface area contributed by atoms with Crippen molar-refractivity contribution >= 4 is 11.9 Å². The number of hydrogen-bond acceptors (Lipinski definition) is 5. The summed E-state index contributed by atoms with van der Waals surface area (Å²) < 4.78 is 10.7. The van der Waals surface area contributed by atoms with E-state index in [2.05, 4.69) is 98.9 Å². The zero-order valence-electron chi connectivity index (χ0n) is 44.9. The van der Waals surface area contributed by atoms with E-state index in [-0.39, 0.29) is 25.2 Å². The molecule has 0 aromatic heterocycles. The average molecular weight is 948 g/mol. The van der Waals surface area contributed by atoms with Gasteiger partial charge in [0.2, 0.25) is 0 Å². The number of allylic oxidation sites excluding steroid dienone is 14. The first-order chi connectivity index (χ1) is 33.6. The molecule has 1 unspecified atom stereocenters. The highest BCUT2D eigenvalue weighted by Crippen LogP contribution is 2.17. The molecule has 0 rings (SSSR count). The number of esters is 2. The molecule has 0 radical (unpaired) electrons. The van der Waals surface area contributed by atoms with E-state index in [1.54, 1.807) is 0 Å². The number of carbonyl (C=O) groups excluding carboxylic acids is 2. The Kier molecular flexibility index (Phi) is 55.9. The van der Waals surface area contributed by atoms with Gasteiger partial charge >= 0.3 is 11.9 Å². The van der Waals surface area contributed by atoms with Crippen LogP contribution in [-0.4, -0.2) is 36.4 Å². The number of unbranched alkanes of at least 4 members (excludes halogenated alkanes) is 31. The number of aliphatic hydroxyl groups is 1. The van der Waals surface area contributed by atoms with Crippen LogP contribution in [0, 0.1) is 0 Å². The van der Waals surface area contributed by atoms with Crippen molar-refractivity contribution in [3.8, 4) is 0 Å². The summed E-state index contributed by atoms with van der Waals surface area (Å²) in [5.74, 6) is -0.596. The van der Waals surface area contributed by atoms with Gasteiger partial charge in [0.25, 0.3) is 0 Å². The first-order valence-corrected chi connectivity index (χ1v) is 29.1. The highest BCUT2D eigenvalue weighted by Gasteiger charge is 2.16. The lowest BCUT2D eigenvalue weighted by Gasteiger charge is -2.15. The van der Waals surface area contributed by atoms with E-state index < -0.39 is 6.10 Å². The van der Waals surface area contributed by atoms with Gasteiger partial charge in [-0.2, -0.15) is 0 Å². The van der Waals surface area contributed by atoms with Crippen molar-refractivity contribution in [1.29, 1.82) is 0 Å². The van der Waals surface area contributed by atoms with Crippen LogP contribution in [0.3, 0.4) is 0 Å². The van der Waals surface area contributed by atoms with E-state index in [9.17, 15) is 14.7 Å². The smallest absolute Gasteiger partial charge is 0.306 e. The lowest BCUT2D eigenvalue weighted by molar-refractivity contribution is -0.161. The Hall–Kier alpha value is -2.92. The molecule has 0 aromatic rings. The maximum absolute atomic E-state index is 12.3. The fourth-order valence-corrected chi connectivity index (χ4v) is 8.36. The Morgan fingerprint density at radius 2 is 0.632 bits per heavy atom. The molecule has 68 heavy (non-hydrogen) atoms. The summed E-state index contributed by atoms with van der Waals surface area (Å²) in [5.41, 5.74) is 0. The molecule has 0 aliphatic carbocycles. The standard InChI is InChI=1S/C63H110O5/c1-3-5-7-9-11-13-15-17-19-21-23-25-27-29-30-31-32-34-36-38-40-42-44-46-48-50-52-54-56-58-63(66)68-61(59-64)60-67-62(65)57-55-53-51-49-47-45-43-41-39-37-35-33-28-26-24-22-20-18-16-14-12-10-8-6-4-2/h5,7,11,13,17,19,23,25,29-30,32,34,38,40,61,64H,3-4,6,8-10,12,14-16,18,20-22,24,26-28,31,33,35-37,39,41-60H2,1-2H3/b7-5-,13-11-,19-17-,25-23-,30-29-,34-32-,40-38-. The number of rotatable bonds is 53. The summed E-state index contributed by atoms with van der Waals surface area (Å²) in [6.45, 7) is 4.05. The molecule has 0 bridgehead atoms. The van der Waals surface area contributed by atoms with E-state index in [4.69, 9.17) is 9.47 Å². The lowest BCUT2D eigenvalue weighted by Crippen LogP contribution is -2.28. The second-order valence-corrected chi connectivity index (χ2v) is 19.3. The molecule has 0 fully saturated rings. The molecule has 0 aliphatic rings. The van der Waals surface area contributed by atoms with Gasteiger partial charge in [-0.25, -0.2) is 0 Å². The fourth-order valence-electron chi connectivity index (χ4n) is 8.36. The third-order valence-corrected chi connectivity index (χ3v) is 12.7. The maximum atomic E-state index is 12.3.